The lowest BCUT2D eigenvalue weighted by Gasteiger charge is -2.23. The predicted octanol–water partition coefficient (Wildman–Crippen LogP) is 3.72. The standard InChI is InChI=1S/C17H18ClN3O4/c1-3-20(15-9-8-12(21(23)24)10-13(15)18)11-17(22)19-14-6-4-5-7-16(14)25-2/h4-10H,3,11H2,1-2H3,(H,19,22). The maximum absolute atomic E-state index is 12.4. The Kier molecular flexibility index (Phi) is 6.19. The van der Waals surface area contributed by atoms with Crippen LogP contribution >= 0.6 is 11.6 Å². The zero-order chi connectivity index (χ0) is 18.4. The van der Waals surface area contributed by atoms with Crippen molar-refractivity contribution in [2.45, 2.75) is 6.92 Å². The smallest absolute Gasteiger partial charge is 0.271 e. The summed E-state index contributed by atoms with van der Waals surface area (Å²) < 4.78 is 5.20. The van der Waals surface area contributed by atoms with Crippen LogP contribution in [0, 0.1) is 10.1 Å². The summed E-state index contributed by atoms with van der Waals surface area (Å²) in [5.41, 5.74) is 1.04. The van der Waals surface area contributed by atoms with E-state index in [-0.39, 0.29) is 23.2 Å². The number of carbonyl (C=O) groups is 1. The normalized spacial score (nSPS) is 10.2. The molecule has 0 unspecified atom stereocenters. The molecule has 0 saturated heterocycles. The van der Waals surface area contributed by atoms with Crippen molar-refractivity contribution < 1.29 is 14.5 Å². The number of nitrogens with zero attached hydrogens (tertiary/aromatic N) is 2. The molecule has 0 spiro atoms. The number of methoxy groups -OCH3 is 1. The third-order valence-corrected chi connectivity index (χ3v) is 3.88. The number of nitro groups is 1. The summed E-state index contributed by atoms with van der Waals surface area (Å²) >= 11 is 6.14. The van der Waals surface area contributed by atoms with Crippen LogP contribution in [0.1, 0.15) is 6.92 Å². The van der Waals surface area contributed by atoms with E-state index in [2.05, 4.69) is 5.32 Å². The fourth-order valence-electron chi connectivity index (χ4n) is 2.34. The first kappa shape index (κ1) is 18.5. The van der Waals surface area contributed by atoms with Gasteiger partial charge in [-0.25, -0.2) is 0 Å². The second-order valence-corrected chi connectivity index (χ2v) is 5.56. The van der Waals surface area contributed by atoms with Crippen molar-refractivity contribution in [2.75, 3.05) is 30.4 Å². The molecule has 0 bridgehead atoms. The highest BCUT2D eigenvalue weighted by molar-refractivity contribution is 6.33. The fourth-order valence-corrected chi connectivity index (χ4v) is 2.64. The molecule has 2 aromatic carbocycles. The third kappa shape index (κ3) is 4.60. The molecular formula is C17H18ClN3O4. The molecule has 7 nitrogen and oxygen atoms in total. The van der Waals surface area contributed by atoms with Gasteiger partial charge in [0.15, 0.2) is 0 Å². The molecule has 2 rings (SSSR count). The molecule has 0 saturated carbocycles. The molecule has 2 aromatic rings. The van der Waals surface area contributed by atoms with E-state index in [4.69, 9.17) is 16.3 Å². The summed E-state index contributed by atoms with van der Waals surface area (Å²) in [5.74, 6) is 0.313. The summed E-state index contributed by atoms with van der Waals surface area (Å²) in [6.45, 7) is 2.43. The van der Waals surface area contributed by atoms with Crippen LogP contribution in [0.2, 0.25) is 5.02 Å². The number of rotatable bonds is 7. The topological polar surface area (TPSA) is 84.7 Å². The Labute approximate surface area is 150 Å². The Morgan fingerprint density at radius 1 is 1.32 bits per heavy atom. The molecule has 8 heteroatoms. The number of hydrogen-bond donors (Lipinski definition) is 1. The molecule has 1 amide bonds. The molecule has 0 aliphatic heterocycles. The van der Waals surface area contributed by atoms with Gasteiger partial charge in [-0.1, -0.05) is 23.7 Å². The number of amides is 1. The number of anilines is 2. The minimum absolute atomic E-state index is 0.0477. The van der Waals surface area contributed by atoms with Gasteiger partial charge in [0.1, 0.15) is 5.75 Å². The van der Waals surface area contributed by atoms with Gasteiger partial charge in [0.05, 0.1) is 35.0 Å². The minimum atomic E-state index is -0.514. The first-order chi connectivity index (χ1) is 12.0. The number of para-hydroxylation sites is 2. The SMILES string of the molecule is CCN(CC(=O)Nc1ccccc1OC)c1ccc([N+](=O)[O-])cc1Cl. The summed E-state index contributed by atoms with van der Waals surface area (Å²) in [6, 6.07) is 11.3. The highest BCUT2D eigenvalue weighted by Gasteiger charge is 2.17. The Hall–Kier alpha value is -2.80. The van der Waals surface area contributed by atoms with E-state index >= 15 is 0 Å². The molecule has 0 aromatic heterocycles. The van der Waals surface area contributed by atoms with Crippen molar-refractivity contribution in [3.63, 3.8) is 0 Å². The van der Waals surface area contributed by atoms with Crippen LogP contribution in [0.5, 0.6) is 5.75 Å². The van der Waals surface area contributed by atoms with E-state index in [1.807, 2.05) is 13.0 Å². The van der Waals surface area contributed by atoms with Gasteiger partial charge in [-0.2, -0.15) is 0 Å². The molecular weight excluding hydrogens is 346 g/mol. The van der Waals surface area contributed by atoms with Gasteiger partial charge < -0.3 is 15.0 Å². The van der Waals surface area contributed by atoms with Gasteiger partial charge in [0.25, 0.3) is 5.69 Å². The molecule has 132 valence electrons. The highest BCUT2D eigenvalue weighted by atomic mass is 35.5. The summed E-state index contributed by atoms with van der Waals surface area (Å²) in [7, 11) is 1.53. The van der Waals surface area contributed by atoms with Crippen molar-refractivity contribution in [3.8, 4) is 5.75 Å². The monoisotopic (exact) mass is 363 g/mol. The van der Waals surface area contributed by atoms with Crippen molar-refractivity contribution in [2.24, 2.45) is 0 Å². The average molecular weight is 364 g/mol. The summed E-state index contributed by atoms with van der Waals surface area (Å²) in [4.78, 5) is 24.4. The van der Waals surface area contributed by atoms with Crippen LogP contribution in [-0.2, 0) is 4.79 Å². The molecule has 0 fully saturated rings. The first-order valence-electron chi connectivity index (χ1n) is 7.58. The van der Waals surface area contributed by atoms with Crippen LogP contribution in [0.15, 0.2) is 42.5 Å². The molecule has 1 N–H and O–H groups in total. The Bertz CT molecular complexity index is 782. The summed E-state index contributed by atoms with van der Waals surface area (Å²) in [6.07, 6.45) is 0. The van der Waals surface area contributed by atoms with Gasteiger partial charge in [0.2, 0.25) is 5.91 Å². The lowest BCUT2D eigenvalue weighted by molar-refractivity contribution is -0.384. The fraction of sp³-hybridized carbons (Fsp3) is 0.235. The summed E-state index contributed by atoms with van der Waals surface area (Å²) in [5, 5.41) is 13.8. The van der Waals surface area contributed by atoms with Crippen molar-refractivity contribution in [1.82, 2.24) is 0 Å². The van der Waals surface area contributed by atoms with Gasteiger partial charge in [-0.15, -0.1) is 0 Å². The Morgan fingerprint density at radius 2 is 2.04 bits per heavy atom. The number of benzene rings is 2. The van der Waals surface area contributed by atoms with Crippen LogP contribution in [0.4, 0.5) is 17.1 Å². The van der Waals surface area contributed by atoms with Gasteiger partial charge in [-0.3, -0.25) is 14.9 Å². The number of non-ortho nitro benzene ring substituents is 1. The van der Waals surface area contributed by atoms with Crippen LogP contribution < -0.4 is 15.0 Å². The van der Waals surface area contributed by atoms with E-state index in [0.717, 1.165) is 0 Å². The highest BCUT2D eigenvalue weighted by Crippen LogP contribution is 2.30. The maximum atomic E-state index is 12.4. The van der Waals surface area contributed by atoms with Crippen molar-refractivity contribution in [1.29, 1.82) is 0 Å². The lowest BCUT2D eigenvalue weighted by Crippen LogP contribution is -2.33. The van der Waals surface area contributed by atoms with Crippen molar-refractivity contribution in [3.05, 3.63) is 57.6 Å². The van der Waals surface area contributed by atoms with E-state index in [9.17, 15) is 14.9 Å². The van der Waals surface area contributed by atoms with Gasteiger partial charge in [-0.05, 0) is 25.1 Å². The Balaban J connectivity index is 2.14. The van der Waals surface area contributed by atoms with Crippen molar-refractivity contribution >= 4 is 34.6 Å². The first-order valence-corrected chi connectivity index (χ1v) is 7.95. The van der Waals surface area contributed by atoms with Crippen LogP contribution in [0.3, 0.4) is 0 Å². The van der Waals surface area contributed by atoms with Crippen LogP contribution in [0.25, 0.3) is 0 Å². The lowest BCUT2D eigenvalue weighted by atomic mass is 10.2. The van der Waals surface area contributed by atoms with E-state index < -0.39 is 4.92 Å². The minimum Gasteiger partial charge on any atom is -0.495 e. The van der Waals surface area contributed by atoms with Gasteiger partial charge >= 0.3 is 0 Å². The Morgan fingerprint density at radius 3 is 2.64 bits per heavy atom. The predicted molar refractivity (Wildman–Crippen MR) is 97.6 cm³/mol. The molecule has 0 aliphatic rings. The van der Waals surface area contributed by atoms with E-state index in [1.54, 1.807) is 29.2 Å². The zero-order valence-electron chi connectivity index (χ0n) is 13.9. The quantitative estimate of drug-likeness (QED) is 0.598. The molecule has 0 atom stereocenters. The third-order valence-electron chi connectivity index (χ3n) is 3.58. The number of nitrogens with one attached hydrogen (secondary N) is 1. The number of likely N-dealkylation sites (N-methyl/N-ethyl adjacent to an activating group) is 1. The zero-order valence-corrected chi connectivity index (χ0v) is 14.6. The van der Waals surface area contributed by atoms with Gasteiger partial charge in [0, 0.05) is 18.7 Å². The number of halogens is 1. The number of nitro benzene ring substituents is 1. The molecule has 0 heterocycles. The second-order valence-electron chi connectivity index (χ2n) is 5.16. The van der Waals surface area contributed by atoms with E-state index in [0.29, 0.717) is 23.7 Å². The molecule has 0 radical (unpaired) electrons. The number of hydrogen-bond acceptors (Lipinski definition) is 5. The second kappa shape index (κ2) is 8.34. The average Bonchev–Trinajstić information content (AvgIpc) is 2.60. The molecule has 25 heavy (non-hydrogen) atoms. The van der Waals surface area contributed by atoms with E-state index in [1.165, 1.54) is 19.2 Å². The molecule has 0 aliphatic carbocycles. The number of carbonyl (C=O) groups excluding carboxylic acids is 1. The van der Waals surface area contributed by atoms with Crippen LogP contribution in [-0.4, -0.2) is 31.0 Å². The number of ether oxygens (including phenoxy) is 1. The maximum Gasteiger partial charge on any atom is 0.271 e. The largest absolute Gasteiger partial charge is 0.495 e.